The van der Waals surface area contributed by atoms with Crippen LogP contribution in [-0.4, -0.2) is 13.1 Å². The van der Waals surface area contributed by atoms with Gasteiger partial charge in [-0.3, -0.25) is 0 Å². The summed E-state index contributed by atoms with van der Waals surface area (Å²) in [5.74, 6) is 2.24. The fraction of sp³-hybridized carbons (Fsp3) is 0.500. The minimum atomic E-state index is 0.222. The van der Waals surface area contributed by atoms with Gasteiger partial charge in [0.2, 0.25) is 6.79 Å². The zero-order chi connectivity index (χ0) is 12.4. The molecule has 1 aliphatic heterocycles. The van der Waals surface area contributed by atoms with Gasteiger partial charge < -0.3 is 14.3 Å². The van der Waals surface area contributed by atoms with Gasteiger partial charge in [-0.1, -0.05) is 20.8 Å². The normalized spacial score (nSPS) is 15.1. The van der Waals surface area contributed by atoms with E-state index in [0.717, 1.165) is 17.8 Å². The summed E-state index contributed by atoms with van der Waals surface area (Å²) in [7, 11) is 0. The first-order chi connectivity index (χ1) is 8.13. The average molecular weight is 234 g/mol. The number of carbonyl (C=O) groups excluding carboxylic acids is 1. The van der Waals surface area contributed by atoms with E-state index in [1.165, 1.54) is 11.1 Å². The van der Waals surface area contributed by atoms with Gasteiger partial charge in [0.25, 0.3) is 0 Å². The van der Waals surface area contributed by atoms with E-state index in [0.29, 0.717) is 19.1 Å². The van der Waals surface area contributed by atoms with Crippen LogP contribution in [0.25, 0.3) is 0 Å². The molecular formula is C14H18O3. The summed E-state index contributed by atoms with van der Waals surface area (Å²) < 4.78 is 10.8. The predicted octanol–water partition coefficient (Wildman–Crippen LogP) is 3.23. The Hall–Kier alpha value is -1.51. The maximum absolute atomic E-state index is 10.6. The Kier molecular flexibility index (Phi) is 3.36. The lowest BCUT2D eigenvalue weighted by Crippen LogP contribution is -2.02. The van der Waals surface area contributed by atoms with E-state index in [9.17, 15) is 4.79 Å². The highest BCUT2D eigenvalue weighted by Gasteiger charge is 2.21. The zero-order valence-electron chi connectivity index (χ0n) is 10.5. The molecule has 1 aliphatic rings. The summed E-state index contributed by atoms with van der Waals surface area (Å²) in [5, 5.41) is 0. The van der Waals surface area contributed by atoms with Crippen molar-refractivity contribution < 1.29 is 14.3 Å². The Bertz CT molecular complexity index is 424. The topological polar surface area (TPSA) is 35.5 Å². The van der Waals surface area contributed by atoms with E-state index in [1.807, 2.05) is 12.1 Å². The lowest BCUT2D eigenvalue weighted by Gasteiger charge is -2.18. The molecule has 0 fully saturated rings. The molecule has 0 aromatic heterocycles. The van der Waals surface area contributed by atoms with Crippen molar-refractivity contribution in [2.45, 2.75) is 39.0 Å². The van der Waals surface area contributed by atoms with Crippen LogP contribution < -0.4 is 9.47 Å². The predicted molar refractivity (Wildman–Crippen MR) is 65.8 cm³/mol. The van der Waals surface area contributed by atoms with Crippen LogP contribution in [0, 0.1) is 0 Å². The van der Waals surface area contributed by atoms with Gasteiger partial charge in [0.05, 0.1) is 0 Å². The van der Waals surface area contributed by atoms with Crippen molar-refractivity contribution in [2.24, 2.45) is 0 Å². The molecular weight excluding hydrogens is 216 g/mol. The fourth-order valence-electron chi connectivity index (χ4n) is 2.17. The van der Waals surface area contributed by atoms with Gasteiger partial charge in [0, 0.05) is 6.42 Å². The second kappa shape index (κ2) is 4.78. The highest BCUT2D eigenvalue weighted by molar-refractivity contribution is 5.55. The third-order valence-electron chi connectivity index (χ3n) is 3.18. The first kappa shape index (κ1) is 12.0. The van der Waals surface area contributed by atoms with Crippen LogP contribution in [0.5, 0.6) is 11.5 Å². The molecule has 3 heteroatoms. The molecule has 0 radical (unpaired) electrons. The molecule has 1 aromatic rings. The number of ether oxygens (including phenoxy) is 2. The number of hydrogen-bond acceptors (Lipinski definition) is 3. The van der Waals surface area contributed by atoms with Gasteiger partial charge in [-0.15, -0.1) is 0 Å². The van der Waals surface area contributed by atoms with Crippen LogP contribution in [0.2, 0.25) is 0 Å². The highest BCUT2D eigenvalue weighted by Crippen LogP contribution is 2.40. The molecule has 1 unspecified atom stereocenters. The third-order valence-corrected chi connectivity index (χ3v) is 3.18. The van der Waals surface area contributed by atoms with Crippen molar-refractivity contribution >= 4 is 6.29 Å². The highest BCUT2D eigenvalue weighted by atomic mass is 16.7. The number of carbonyl (C=O) groups is 1. The van der Waals surface area contributed by atoms with Crippen molar-refractivity contribution in [1.82, 2.24) is 0 Å². The second-order valence-electron chi connectivity index (χ2n) is 4.79. The van der Waals surface area contributed by atoms with Crippen molar-refractivity contribution in [3.8, 4) is 11.5 Å². The molecule has 2 rings (SSSR count). The molecule has 0 saturated carbocycles. The Morgan fingerprint density at radius 2 is 1.76 bits per heavy atom. The van der Waals surface area contributed by atoms with Crippen molar-refractivity contribution in [3.63, 3.8) is 0 Å². The average Bonchev–Trinajstić information content (AvgIpc) is 2.74. The van der Waals surface area contributed by atoms with Gasteiger partial charge in [-0.25, -0.2) is 0 Å². The van der Waals surface area contributed by atoms with Crippen LogP contribution in [0.3, 0.4) is 0 Å². The van der Waals surface area contributed by atoms with Crippen molar-refractivity contribution in [3.05, 3.63) is 23.3 Å². The molecule has 17 heavy (non-hydrogen) atoms. The monoisotopic (exact) mass is 234 g/mol. The van der Waals surface area contributed by atoms with E-state index < -0.39 is 0 Å². The maximum atomic E-state index is 10.6. The molecule has 0 bridgehead atoms. The lowest BCUT2D eigenvalue weighted by molar-refractivity contribution is -0.108. The Morgan fingerprint density at radius 3 is 2.29 bits per heavy atom. The summed E-state index contributed by atoms with van der Waals surface area (Å²) in [4.78, 5) is 10.6. The van der Waals surface area contributed by atoms with E-state index in [1.54, 1.807) is 0 Å². The van der Waals surface area contributed by atoms with E-state index >= 15 is 0 Å². The SMILES string of the molecule is CC(C)c1cc2c(cc1C(C)CC=O)OCO2. The minimum absolute atomic E-state index is 0.222. The quantitative estimate of drug-likeness (QED) is 0.750. The first-order valence-corrected chi connectivity index (χ1v) is 6.00. The molecule has 1 aromatic carbocycles. The fourth-order valence-corrected chi connectivity index (χ4v) is 2.17. The van der Waals surface area contributed by atoms with Crippen LogP contribution in [0.1, 0.15) is 50.2 Å². The van der Waals surface area contributed by atoms with Crippen LogP contribution in [-0.2, 0) is 4.79 Å². The van der Waals surface area contributed by atoms with Crippen LogP contribution in [0.15, 0.2) is 12.1 Å². The smallest absolute Gasteiger partial charge is 0.231 e. The van der Waals surface area contributed by atoms with E-state index in [2.05, 4.69) is 20.8 Å². The molecule has 1 atom stereocenters. The molecule has 92 valence electrons. The summed E-state index contributed by atoms with van der Waals surface area (Å²) >= 11 is 0. The van der Waals surface area contributed by atoms with E-state index in [-0.39, 0.29) is 5.92 Å². The molecule has 0 spiro atoms. The van der Waals surface area contributed by atoms with Gasteiger partial charge in [0.1, 0.15) is 6.29 Å². The summed E-state index contributed by atoms with van der Waals surface area (Å²) in [5.41, 5.74) is 2.43. The molecule has 0 amide bonds. The second-order valence-corrected chi connectivity index (χ2v) is 4.79. The van der Waals surface area contributed by atoms with Crippen molar-refractivity contribution in [2.75, 3.05) is 6.79 Å². The van der Waals surface area contributed by atoms with Gasteiger partial charge >= 0.3 is 0 Å². The standard InChI is InChI=1S/C14H18O3/c1-9(2)11-6-13-14(17-8-16-13)7-12(11)10(3)4-5-15/h5-7,9-10H,4,8H2,1-3H3. The summed E-state index contributed by atoms with van der Waals surface area (Å²) in [6, 6.07) is 4.06. The Balaban J connectivity index is 2.44. The lowest BCUT2D eigenvalue weighted by atomic mass is 9.88. The summed E-state index contributed by atoms with van der Waals surface area (Å²) in [6.07, 6.45) is 1.51. The molecule has 3 nitrogen and oxygen atoms in total. The molecule has 0 N–H and O–H groups in total. The first-order valence-electron chi connectivity index (χ1n) is 6.00. The summed E-state index contributed by atoms with van der Waals surface area (Å²) in [6.45, 7) is 6.65. The number of rotatable bonds is 4. The van der Waals surface area contributed by atoms with Gasteiger partial charge in [-0.05, 0) is 35.1 Å². The number of hydrogen-bond donors (Lipinski definition) is 0. The number of aldehydes is 1. The van der Waals surface area contributed by atoms with Gasteiger partial charge in [0.15, 0.2) is 11.5 Å². The minimum Gasteiger partial charge on any atom is -0.454 e. The van der Waals surface area contributed by atoms with Gasteiger partial charge in [-0.2, -0.15) is 0 Å². The number of benzene rings is 1. The largest absolute Gasteiger partial charge is 0.454 e. The molecule has 0 saturated heterocycles. The van der Waals surface area contributed by atoms with Crippen molar-refractivity contribution in [1.29, 1.82) is 0 Å². The third kappa shape index (κ3) is 2.28. The van der Waals surface area contributed by atoms with Crippen LogP contribution >= 0.6 is 0 Å². The zero-order valence-corrected chi connectivity index (χ0v) is 10.5. The Labute approximate surface area is 102 Å². The Morgan fingerprint density at radius 1 is 1.18 bits per heavy atom. The molecule has 1 heterocycles. The number of fused-ring (bicyclic) bond motifs is 1. The molecule has 0 aliphatic carbocycles. The van der Waals surface area contributed by atoms with E-state index in [4.69, 9.17) is 9.47 Å². The maximum Gasteiger partial charge on any atom is 0.231 e. The van der Waals surface area contributed by atoms with Crippen LogP contribution in [0.4, 0.5) is 0 Å².